The van der Waals surface area contributed by atoms with Crippen molar-refractivity contribution < 1.29 is 0 Å². The molecule has 1 aromatic rings. The van der Waals surface area contributed by atoms with Crippen LogP contribution in [0.15, 0.2) is 24.3 Å². The summed E-state index contributed by atoms with van der Waals surface area (Å²) in [6, 6.07) is 5.29. The molecule has 0 aliphatic rings. The van der Waals surface area contributed by atoms with Gasteiger partial charge in [-0.2, -0.15) is 0 Å². The lowest BCUT2D eigenvalue weighted by atomic mass is 10.2. The normalized spacial score (nSPS) is 10.6. The van der Waals surface area contributed by atoms with Gasteiger partial charge in [-0.25, -0.2) is 0 Å². The van der Waals surface area contributed by atoms with E-state index in [1.165, 1.54) is 0 Å². The van der Waals surface area contributed by atoms with Crippen molar-refractivity contribution in [2.45, 2.75) is 0 Å². The minimum atomic E-state index is 0.302. The van der Waals surface area contributed by atoms with E-state index in [0.29, 0.717) is 15.0 Å². The fourth-order valence-corrected chi connectivity index (χ4v) is 1.43. The summed E-state index contributed by atoms with van der Waals surface area (Å²) in [6.07, 6.45) is 3.29. The van der Waals surface area contributed by atoms with E-state index in [1.54, 1.807) is 30.4 Å². The van der Waals surface area contributed by atoms with Crippen molar-refractivity contribution in [3.05, 3.63) is 39.9 Å². The number of thiocarbonyl (C=S) groups is 1. The third kappa shape index (κ3) is 2.99. The summed E-state index contributed by atoms with van der Waals surface area (Å²) in [5.74, 6) is 0. The Morgan fingerprint density at radius 2 is 1.85 bits per heavy atom. The molecule has 0 atom stereocenters. The molecule has 0 fully saturated rings. The number of hydrogen-bond donors (Lipinski definition) is 1. The summed E-state index contributed by atoms with van der Waals surface area (Å²) in [5.41, 5.74) is 6.03. The van der Waals surface area contributed by atoms with Crippen molar-refractivity contribution >= 4 is 46.5 Å². The van der Waals surface area contributed by atoms with Crippen LogP contribution in [0.3, 0.4) is 0 Å². The fraction of sp³-hybridized carbons (Fsp3) is 0. The Bertz CT molecular complexity index is 340. The lowest BCUT2D eigenvalue weighted by Crippen LogP contribution is -2.01. The molecule has 1 nitrogen and oxygen atoms in total. The highest BCUT2D eigenvalue weighted by molar-refractivity contribution is 7.80. The van der Waals surface area contributed by atoms with Crippen LogP contribution in [0.25, 0.3) is 6.08 Å². The van der Waals surface area contributed by atoms with Gasteiger partial charge in [-0.05, 0) is 24.3 Å². The van der Waals surface area contributed by atoms with E-state index in [2.05, 4.69) is 12.2 Å². The minimum Gasteiger partial charge on any atom is -0.390 e. The molecule has 0 amide bonds. The van der Waals surface area contributed by atoms with Gasteiger partial charge in [0.1, 0.15) is 0 Å². The predicted octanol–water partition coefficient (Wildman–Crippen LogP) is 3.29. The van der Waals surface area contributed by atoms with Crippen LogP contribution in [0.4, 0.5) is 0 Å². The SMILES string of the molecule is NC(=S)/C=C/c1c(Cl)cccc1Cl. The lowest BCUT2D eigenvalue weighted by Gasteiger charge is -1.99. The molecule has 68 valence electrons. The van der Waals surface area contributed by atoms with Gasteiger partial charge in [0.15, 0.2) is 0 Å². The molecule has 0 radical (unpaired) electrons. The van der Waals surface area contributed by atoms with Gasteiger partial charge in [0.2, 0.25) is 0 Å². The van der Waals surface area contributed by atoms with Crippen LogP contribution in [0.5, 0.6) is 0 Å². The van der Waals surface area contributed by atoms with Crippen LogP contribution < -0.4 is 5.73 Å². The van der Waals surface area contributed by atoms with E-state index in [4.69, 9.17) is 28.9 Å². The third-order valence-electron chi connectivity index (χ3n) is 1.41. The summed E-state index contributed by atoms with van der Waals surface area (Å²) in [6.45, 7) is 0. The van der Waals surface area contributed by atoms with Gasteiger partial charge in [-0.1, -0.05) is 41.5 Å². The van der Waals surface area contributed by atoms with Gasteiger partial charge in [-0.15, -0.1) is 0 Å². The van der Waals surface area contributed by atoms with E-state index >= 15 is 0 Å². The highest BCUT2D eigenvalue weighted by Gasteiger charge is 2.00. The first kappa shape index (κ1) is 10.5. The first-order chi connectivity index (χ1) is 6.11. The monoisotopic (exact) mass is 231 g/mol. The second-order valence-corrected chi connectivity index (χ2v) is 3.66. The van der Waals surface area contributed by atoms with Gasteiger partial charge >= 0.3 is 0 Å². The Kier molecular flexibility index (Phi) is 3.72. The van der Waals surface area contributed by atoms with Crippen LogP contribution in [-0.2, 0) is 0 Å². The van der Waals surface area contributed by atoms with Crippen LogP contribution in [0, 0.1) is 0 Å². The zero-order chi connectivity index (χ0) is 9.84. The number of halogens is 2. The van der Waals surface area contributed by atoms with Crippen molar-refractivity contribution in [2.75, 3.05) is 0 Å². The van der Waals surface area contributed by atoms with Gasteiger partial charge in [0.25, 0.3) is 0 Å². The van der Waals surface area contributed by atoms with Crippen LogP contribution in [-0.4, -0.2) is 4.99 Å². The van der Waals surface area contributed by atoms with Gasteiger partial charge in [0, 0.05) is 15.6 Å². The van der Waals surface area contributed by atoms with Crippen molar-refractivity contribution in [2.24, 2.45) is 5.73 Å². The van der Waals surface area contributed by atoms with Gasteiger partial charge < -0.3 is 5.73 Å². The van der Waals surface area contributed by atoms with Gasteiger partial charge in [-0.3, -0.25) is 0 Å². The molecule has 0 heterocycles. The maximum Gasteiger partial charge on any atom is 0.0962 e. The molecule has 4 heteroatoms. The van der Waals surface area contributed by atoms with E-state index in [9.17, 15) is 0 Å². The summed E-state index contributed by atoms with van der Waals surface area (Å²) < 4.78 is 0. The summed E-state index contributed by atoms with van der Waals surface area (Å²) >= 11 is 16.5. The molecule has 0 aromatic heterocycles. The molecule has 0 aliphatic heterocycles. The predicted molar refractivity (Wildman–Crippen MR) is 62.3 cm³/mol. The Balaban J connectivity index is 3.06. The van der Waals surface area contributed by atoms with Crippen LogP contribution in [0.2, 0.25) is 10.0 Å². The van der Waals surface area contributed by atoms with Crippen molar-refractivity contribution in [1.82, 2.24) is 0 Å². The maximum absolute atomic E-state index is 5.89. The Hall–Kier alpha value is -0.570. The molecule has 0 aliphatic carbocycles. The molecule has 1 aromatic carbocycles. The minimum absolute atomic E-state index is 0.302. The smallest absolute Gasteiger partial charge is 0.0962 e. The summed E-state index contributed by atoms with van der Waals surface area (Å²) in [4.78, 5) is 0.302. The molecule has 0 spiro atoms. The third-order valence-corrected chi connectivity index (χ3v) is 2.21. The van der Waals surface area contributed by atoms with Crippen molar-refractivity contribution in [3.8, 4) is 0 Å². The quantitative estimate of drug-likeness (QED) is 0.625. The fourth-order valence-electron chi connectivity index (χ4n) is 0.835. The van der Waals surface area contributed by atoms with E-state index in [1.807, 2.05) is 0 Å². The maximum atomic E-state index is 5.89. The highest BCUT2D eigenvalue weighted by Crippen LogP contribution is 2.25. The standard InChI is InChI=1S/C9H7Cl2NS/c10-7-2-1-3-8(11)6(7)4-5-9(12)13/h1-5H,(H2,12,13)/b5-4+. The number of benzene rings is 1. The largest absolute Gasteiger partial charge is 0.390 e. The molecule has 0 saturated heterocycles. The Labute approximate surface area is 92.1 Å². The number of nitrogens with two attached hydrogens (primary N) is 1. The van der Waals surface area contributed by atoms with Crippen LogP contribution in [0.1, 0.15) is 5.56 Å². The topological polar surface area (TPSA) is 26.0 Å². The zero-order valence-electron chi connectivity index (χ0n) is 6.63. The average Bonchev–Trinajstić information content (AvgIpc) is 2.03. The summed E-state index contributed by atoms with van der Waals surface area (Å²) in [7, 11) is 0. The first-order valence-electron chi connectivity index (χ1n) is 3.53. The average molecular weight is 232 g/mol. The first-order valence-corrected chi connectivity index (χ1v) is 4.69. The Morgan fingerprint density at radius 1 is 1.31 bits per heavy atom. The molecule has 0 bridgehead atoms. The molecular weight excluding hydrogens is 225 g/mol. The molecular formula is C9H7Cl2NS. The van der Waals surface area contributed by atoms with Crippen LogP contribution >= 0.6 is 35.4 Å². The molecule has 1 rings (SSSR count). The molecule has 0 saturated carbocycles. The van der Waals surface area contributed by atoms with E-state index < -0.39 is 0 Å². The van der Waals surface area contributed by atoms with E-state index in [0.717, 1.165) is 5.56 Å². The highest BCUT2D eigenvalue weighted by atomic mass is 35.5. The molecule has 13 heavy (non-hydrogen) atoms. The molecule has 2 N–H and O–H groups in total. The number of hydrogen-bond acceptors (Lipinski definition) is 1. The van der Waals surface area contributed by atoms with E-state index in [-0.39, 0.29) is 0 Å². The Morgan fingerprint density at radius 3 is 2.31 bits per heavy atom. The van der Waals surface area contributed by atoms with Gasteiger partial charge in [0.05, 0.1) is 4.99 Å². The second-order valence-electron chi connectivity index (χ2n) is 2.37. The molecule has 0 unspecified atom stereocenters. The second kappa shape index (κ2) is 4.61. The lowest BCUT2D eigenvalue weighted by molar-refractivity contribution is 1.65. The van der Waals surface area contributed by atoms with Crippen molar-refractivity contribution in [3.63, 3.8) is 0 Å². The number of rotatable bonds is 2. The zero-order valence-corrected chi connectivity index (χ0v) is 8.96. The van der Waals surface area contributed by atoms with Crippen molar-refractivity contribution in [1.29, 1.82) is 0 Å². The summed E-state index contributed by atoms with van der Waals surface area (Å²) in [5, 5.41) is 1.17.